The summed E-state index contributed by atoms with van der Waals surface area (Å²) in [4.78, 5) is 8.90. The number of benzene rings is 1. The van der Waals surface area contributed by atoms with Crippen LogP contribution in [0.1, 0.15) is 29.8 Å². The van der Waals surface area contributed by atoms with E-state index in [2.05, 4.69) is 52.6 Å². The number of anilines is 3. The van der Waals surface area contributed by atoms with E-state index in [4.69, 9.17) is 0 Å². The van der Waals surface area contributed by atoms with Gasteiger partial charge in [-0.15, -0.1) is 0 Å². The molecule has 0 atom stereocenters. The number of nitrogens with one attached hydrogen (secondary N) is 2. The van der Waals surface area contributed by atoms with E-state index >= 15 is 0 Å². The zero-order valence-electron chi connectivity index (χ0n) is 12.2. The highest BCUT2D eigenvalue weighted by Crippen LogP contribution is 2.26. The van der Waals surface area contributed by atoms with E-state index in [-0.39, 0.29) is 0 Å². The minimum Gasteiger partial charge on any atom is -0.367 e. The van der Waals surface area contributed by atoms with E-state index < -0.39 is 0 Å². The lowest BCUT2D eigenvalue weighted by molar-refractivity contribution is 1.02. The van der Waals surface area contributed by atoms with Crippen LogP contribution in [0.15, 0.2) is 24.3 Å². The third-order valence-electron chi connectivity index (χ3n) is 3.63. The summed E-state index contributed by atoms with van der Waals surface area (Å²) in [7, 11) is 0. The Morgan fingerprint density at radius 2 is 1.80 bits per heavy atom. The maximum atomic E-state index is 4.47. The second-order valence-electron chi connectivity index (χ2n) is 5.48. The second-order valence-corrected chi connectivity index (χ2v) is 5.48. The Morgan fingerprint density at radius 1 is 1.05 bits per heavy atom. The van der Waals surface area contributed by atoms with Gasteiger partial charge in [0.2, 0.25) is 0 Å². The Balaban J connectivity index is 1.85. The van der Waals surface area contributed by atoms with E-state index in [9.17, 15) is 0 Å². The molecule has 2 N–H and O–H groups in total. The molecular formula is C16H20N4. The molecule has 20 heavy (non-hydrogen) atoms. The van der Waals surface area contributed by atoms with E-state index in [1.54, 1.807) is 0 Å². The predicted molar refractivity (Wildman–Crippen MR) is 82.6 cm³/mol. The van der Waals surface area contributed by atoms with E-state index in [0.717, 1.165) is 23.1 Å². The third-order valence-corrected chi connectivity index (χ3v) is 3.63. The molecule has 4 nitrogen and oxygen atoms in total. The molecule has 0 amide bonds. The molecule has 0 unspecified atom stereocenters. The van der Waals surface area contributed by atoms with Crippen LogP contribution in [-0.2, 0) is 0 Å². The van der Waals surface area contributed by atoms with Gasteiger partial charge in [0.25, 0.3) is 0 Å². The van der Waals surface area contributed by atoms with Crippen molar-refractivity contribution in [3.8, 4) is 0 Å². The summed E-state index contributed by atoms with van der Waals surface area (Å²) in [5, 5.41) is 6.81. The molecule has 0 spiro atoms. The third kappa shape index (κ3) is 2.90. The summed E-state index contributed by atoms with van der Waals surface area (Å²) in [5.74, 6) is 2.53. The number of hydrogen-bond acceptors (Lipinski definition) is 4. The van der Waals surface area contributed by atoms with Gasteiger partial charge in [0.05, 0.1) is 0 Å². The summed E-state index contributed by atoms with van der Waals surface area (Å²) >= 11 is 0. The molecule has 1 aromatic carbocycles. The summed E-state index contributed by atoms with van der Waals surface area (Å²) in [6, 6.07) is 8.83. The van der Waals surface area contributed by atoms with Crippen molar-refractivity contribution in [1.82, 2.24) is 9.97 Å². The highest BCUT2D eigenvalue weighted by molar-refractivity contribution is 5.63. The lowest BCUT2D eigenvalue weighted by atomic mass is 10.1. The number of nitrogens with zero attached hydrogens (tertiary/aromatic N) is 2. The van der Waals surface area contributed by atoms with Gasteiger partial charge in [-0.05, 0) is 50.8 Å². The minimum absolute atomic E-state index is 0.595. The molecule has 2 aromatic rings. The molecule has 1 aliphatic rings. The largest absolute Gasteiger partial charge is 0.367 e. The van der Waals surface area contributed by atoms with Crippen LogP contribution >= 0.6 is 0 Å². The van der Waals surface area contributed by atoms with Crippen LogP contribution in [0, 0.1) is 20.8 Å². The molecule has 1 saturated carbocycles. The first-order valence-electron chi connectivity index (χ1n) is 7.07. The molecule has 1 aliphatic carbocycles. The molecule has 1 fully saturated rings. The van der Waals surface area contributed by atoms with Gasteiger partial charge in [-0.1, -0.05) is 12.1 Å². The van der Waals surface area contributed by atoms with Gasteiger partial charge in [0.1, 0.15) is 17.5 Å². The number of aryl methyl sites for hydroxylation is 2. The van der Waals surface area contributed by atoms with Crippen LogP contribution in [-0.4, -0.2) is 16.0 Å². The van der Waals surface area contributed by atoms with Gasteiger partial charge in [-0.2, -0.15) is 0 Å². The van der Waals surface area contributed by atoms with Crippen molar-refractivity contribution in [3.05, 3.63) is 41.2 Å². The molecule has 3 rings (SSSR count). The number of rotatable bonds is 4. The first kappa shape index (κ1) is 12.9. The average Bonchev–Trinajstić information content (AvgIpc) is 3.18. The molecule has 1 aromatic heterocycles. The maximum Gasteiger partial charge on any atom is 0.136 e. The molecule has 0 radical (unpaired) electrons. The zero-order valence-corrected chi connectivity index (χ0v) is 12.2. The fourth-order valence-corrected chi connectivity index (χ4v) is 2.17. The van der Waals surface area contributed by atoms with Crippen LogP contribution < -0.4 is 10.6 Å². The summed E-state index contributed by atoms with van der Waals surface area (Å²) < 4.78 is 0. The van der Waals surface area contributed by atoms with Crippen molar-refractivity contribution >= 4 is 17.3 Å². The normalized spacial score (nSPS) is 14.2. The van der Waals surface area contributed by atoms with Crippen molar-refractivity contribution in [2.24, 2.45) is 0 Å². The molecule has 4 heteroatoms. The summed E-state index contributed by atoms with van der Waals surface area (Å²) in [5.41, 5.74) is 3.62. The SMILES string of the molecule is Cc1nc(Nc2cccc(C)c2C)cc(NC2CC2)n1. The zero-order chi connectivity index (χ0) is 14.1. The maximum absolute atomic E-state index is 4.47. The Morgan fingerprint density at radius 3 is 2.55 bits per heavy atom. The Hall–Kier alpha value is -2.10. The molecule has 0 aliphatic heterocycles. The van der Waals surface area contributed by atoms with Gasteiger partial charge in [-0.3, -0.25) is 0 Å². The monoisotopic (exact) mass is 268 g/mol. The first-order valence-corrected chi connectivity index (χ1v) is 7.07. The lowest BCUT2D eigenvalue weighted by Crippen LogP contribution is -2.06. The van der Waals surface area contributed by atoms with E-state index in [0.29, 0.717) is 6.04 Å². The highest BCUT2D eigenvalue weighted by atomic mass is 15.1. The van der Waals surface area contributed by atoms with Crippen molar-refractivity contribution in [3.63, 3.8) is 0 Å². The number of aromatic nitrogens is 2. The Kier molecular flexibility index (Phi) is 3.30. The van der Waals surface area contributed by atoms with Crippen LogP contribution in [0.2, 0.25) is 0 Å². The van der Waals surface area contributed by atoms with Crippen LogP contribution in [0.25, 0.3) is 0 Å². The van der Waals surface area contributed by atoms with Gasteiger partial charge in [-0.25, -0.2) is 9.97 Å². The van der Waals surface area contributed by atoms with Crippen molar-refractivity contribution in [2.75, 3.05) is 10.6 Å². The Bertz CT molecular complexity index is 632. The topological polar surface area (TPSA) is 49.8 Å². The Labute approximate surface area is 119 Å². The standard InChI is InChI=1S/C16H20N4/c1-10-5-4-6-14(11(10)2)20-16-9-15(17-12(3)18-16)19-13-7-8-13/h4-6,9,13H,7-8H2,1-3H3,(H2,17,18,19,20). The molecule has 0 bridgehead atoms. The fourth-order valence-electron chi connectivity index (χ4n) is 2.17. The van der Waals surface area contributed by atoms with Gasteiger partial charge in [0.15, 0.2) is 0 Å². The van der Waals surface area contributed by atoms with Crippen molar-refractivity contribution in [2.45, 2.75) is 39.7 Å². The molecule has 104 valence electrons. The second kappa shape index (κ2) is 5.12. The lowest BCUT2D eigenvalue weighted by Gasteiger charge is -2.12. The molecule has 1 heterocycles. The molecular weight excluding hydrogens is 248 g/mol. The van der Waals surface area contributed by atoms with Gasteiger partial charge in [0, 0.05) is 17.8 Å². The van der Waals surface area contributed by atoms with Gasteiger partial charge < -0.3 is 10.6 Å². The quantitative estimate of drug-likeness (QED) is 0.887. The van der Waals surface area contributed by atoms with Crippen molar-refractivity contribution < 1.29 is 0 Å². The van der Waals surface area contributed by atoms with Crippen LogP contribution in [0.3, 0.4) is 0 Å². The van der Waals surface area contributed by atoms with E-state index in [1.807, 2.05) is 13.0 Å². The van der Waals surface area contributed by atoms with Gasteiger partial charge >= 0.3 is 0 Å². The number of hydrogen-bond donors (Lipinski definition) is 2. The van der Waals surface area contributed by atoms with Crippen LogP contribution in [0.4, 0.5) is 17.3 Å². The van der Waals surface area contributed by atoms with Crippen molar-refractivity contribution in [1.29, 1.82) is 0 Å². The summed E-state index contributed by atoms with van der Waals surface area (Å²) in [6.07, 6.45) is 2.48. The average molecular weight is 268 g/mol. The summed E-state index contributed by atoms with van der Waals surface area (Å²) in [6.45, 7) is 6.16. The smallest absolute Gasteiger partial charge is 0.136 e. The first-order chi connectivity index (χ1) is 9.61. The minimum atomic E-state index is 0.595. The fraction of sp³-hybridized carbons (Fsp3) is 0.375. The molecule has 0 saturated heterocycles. The van der Waals surface area contributed by atoms with Crippen LogP contribution in [0.5, 0.6) is 0 Å². The van der Waals surface area contributed by atoms with E-state index in [1.165, 1.54) is 24.0 Å². The highest BCUT2D eigenvalue weighted by Gasteiger charge is 2.21. The predicted octanol–water partition coefficient (Wildman–Crippen LogP) is 3.72.